The van der Waals surface area contributed by atoms with Crippen molar-refractivity contribution in [3.63, 3.8) is 0 Å². The Morgan fingerprint density at radius 2 is 1.17 bits per heavy atom. The van der Waals surface area contributed by atoms with Crippen LogP contribution in [0.1, 0.15) is 91.9 Å². The van der Waals surface area contributed by atoms with Gasteiger partial charge < -0.3 is 9.47 Å². The second-order valence-corrected chi connectivity index (χ2v) is 7.32. The van der Waals surface area contributed by atoms with Crippen molar-refractivity contribution in [2.45, 2.75) is 104 Å². The summed E-state index contributed by atoms with van der Waals surface area (Å²) < 4.78 is 11.6. The smallest absolute Gasteiger partial charge is 0.309 e. The minimum Gasteiger partial charge on any atom is -0.458 e. The molecule has 4 nitrogen and oxygen atoms in total. The lowest BCUT2D eigenvalue weighted by Gasteiger charge is -2.30. The van der Waals surface area contributed by atoms with E-state index in [9.17, 15) is 9.59 Å². The predicted octanol–water partition coefficient (Wildman–Crippen LogP) is 5.04. The Morgan fingerprint density at radius 3 is 1.50 bits per heavy atom. The summed E-state index contributed by atoms with van der Waals surface area (Å²) in [6.07, 6.45) is 9.00. The van der Waals surface area contributed by atoms with Gasteiger partial charge in [-0.25, -0.2) is 0 Å². The topological polar surface area (TPSA) is 52.6 Å². The molecule has 1 aliphatic rings. The van der Waals surface area contributed by atoms with E-state index in [0.29, 0.717) is 0 Å². The van der Waals surface area contributed by atoms with Crippen molar-refractivity contribution in [3.8, 4) is 0 Å². The van der Waals surface area contributed by atoms with Crippen molar-refractivity contribution in [3.05, 3.63) is 0 Å². The van der Waals surface area contributed by atoms with Gasteiger partial charge in [-0.05, 0) is 38.5 Å². The van der Waals surface area contributed by atoms with Crippen molar-refractivity contribution in [1.82, 2.24) is 0 Å². The Balaban J connectivity index is 2.70. The van der Waals surface area contributed by atoms with Crippen LogP contribution in [0.4, 0.5) is 0 Å². The predicted molar refractivity (Wildman–Crippen MR) is 95.6 cm³/mol. The summed E-state index contributed by atoms with van der Waals surface area (Å²) in [5.74, 6) is -0.471. The summed E-state index contributed by atoms with van der Waals surface area (Å²) in [6, 6.07) is 0. The SMILES string of the molecule is CCCC(C)C(=O)OC1CCCCCCC1OC(=O)C(C)CCC. The van der Waals surface area contributed by atoms with Crippen molar-refractivity contribution in [1.29, 1.82) is 0 Å². The minimum atomic E-state index is -0.283. The fraction of sp³-hybridized carbons (Fsp3) is 0.900. The highest BCUT2D eigenvalue weighted by atomic mass is 16.6. The first-order valence-corrected chi connectivity index (χ1v) is 9.90. The van der Waals surface area contributed by atoms with Crippen LogP contribution >= 0.6 is 0 Å². The van der Waals surface area contributed by atoms with E-state index in [1.54, 1.807) is 0 Å². The van der Waals surface area contributed by atoms with Crippen molar-refractivity contribution < 1.29 is 19.1 Å². The first-order chi connectivity index (χ1) is 11.5. The zero-order valence-corrected chi connectivity index (χ0v) is 16.0. The zero-order valence-electron chi connectivity index (χ0n) is 16.0. The highest BCUT2D eigenvalue weighted by Gasteiger charge is 2.31. The van der Waals surface area contributed by atoms with E-state index in [-0.39, 0.29) is 36.0 Å². The maximum Gasteiger partial charge on any atom is 0.309 e. The average Bonchev–Trinajstić information content (AvgIpc) is 2.53. The molecule has 0 aromatic rings. The first kappa shape index (κ1) is 21.0. The Bertz CT molecular complexity index is 344. The molecule has 1 rings (SSSR count). The monoisotopic (exact) mass is 340 g/mol. The van der Waals surface area contributed by atoms with Gasteiger partial charge in [-0.2, -0.15) is 0 Å². The van der Waals surface area contributed by atoms with Gasteiger partial charge in [-0.15, -0.1) is 0 Å². The van der Waals surface area contributed by atoms with Gasteiger partial charge in [0.25, 0.3) is 0 Å². The molecule has 0 aliphatic heterocycles. The second-order valence-electron chi connectivity index (χ2n) is 7.32. The van der Waals surface area contributed by atoms with Crippen LogP contribution < -0.4 is 0 Å². The average molecular weight is 341 g/mol. The van der Waals surface area contributed by atoms with Gasteiger partial charge in [0.1, 0.15) is 12.2 Å². The number of carbonyl (C=O) groups is 2. The molecule has 0 spiro atoms. The fourth-order valence-electron chi connectivity index (χ4n) is 3.32. The van der Waals surface area contributed by atoms with Crippen LogP contribution in [-0.2, 0) is 19.1 Å². The normalized spacial score (nSPS) is 24.3. The third-order valence-electron chi connectivity index (χ3n) is 4.93. The van der Waals surface area contributed by atoms with Crippen LogP contribution in [0.2, 0.25) is 0 Å². The Labute approximate surface area is 147 Å². The molecule has 1 fully saturated rings. The Kier molecular flexibility index (Phi) is 10.0. The molecule has 0 aromatic heterocycles. The van der Waals surface area contributed by atoms with Crippen molar-refractivity contribution in [2.24, 2.45) is 11.8 Å². The number of carbonyl (C=O) groups excluding carboxylic acids is 2. The van der Waals surface area contributed by atoms with Crippen LogP contribution in [0, 0.1) is 11.8 Å². The van der Waals surface area contributed by atoms with Crippen LogP contribution in [0.25, 0.3) is 0 Å². The molecule has 0 radical (unpaired) electrons. The van der Waals surface area contributed by atoms with Crippen LogP contribution in [0.5, 0.6) is 0 Å². The third-order valence-corrected chi connectivity index (χ3v) is 4.93. The summed E-state index contributed by atoms with van der Waals surface area (Å²) in [7, 11) is 0. The molecule has 0 heterocycles. The maximum absolute atomic E-state index is 12.3. The molecule has 1 aliphatic carbocycles. The molecule has 0 bridgehead atoms. The Morgan fingerprint density at radius 1 is 0.792 bits per heavy atom. The standard InChI is InChI=1S/C20H36O4/c1-5-11-15(3)19(21)23-17-13-9-7-8-10-14-18(17)24-20(22)16(4)12-6-2/h15-18H,5-14H2,1-4H3. The largest absolute Gasteiger partial charge is 0.458 e. The van der Waals surface area contributed by atoms with Crippen LogP contribution in [-0.4, -0.2) is 24.1 Å². The van der Waals surface area contributed by atoms with Crippen LogP contribution in [0.3, 0.4) is 0 Å². The van der Waals surface area contributed by atoms with E-state index < -0.39 is 0 Å². The molecular weight excluding hydrogens is 304 g/mol. The van der Waals surface area contributed by atoms with Gasteiger partial charge in [0.05, 0.1) is 11.8 Å². The quantitative estimate of drug-likeness (QED) is 0.581. The van der Waals surface area contributed by atoms with Crippen LogP contribution in [0.15, 0.2) is 0 Å². The second kappa shape index (κ2) is 11.5. The highest BCUT2D eigenvalue weighted by Crippen LogP contribution is 2.25. The maximum atomic E-state index is 12.3. The molecule has 4 atom stereocenters. The molecule has 0 aromatic carbocycles. The van der Waals surface area contributed by atoms with E-state index in [0.717, 1.165) is 64.2 Å². The lowest BCUT2D eigenvalue weighted by molar-refractivity contribution is -0.174. The number of ether oxygens (including phenoxy) is 2. The molecular formula is C20H36O4. The minimum absolute atomic E-state index is 0.0872. The number of hydrogen-bond donors (Lipinski definition) is 0. The van der Waals surface area contributed by atoms with Crippen molar-refractivity contribution in [2.75, 3.05) is 0 Å². The van der Waals surface area contributed by atoms with Gasteiger partial charge in [-0.1, -0.05) is 53.4 Å². The number of rotatable bonds is 8. The molecule has 24 heavy (non-hydrogen) atoms. The highest BCUT2D eigenvalue weighted by molar-refractivity contribution is 5.73. The molecule has 0 N–H and O–H groups in total. The summed E-state index contributed by atoms with van der Waals surface area (Å²) >= 11 is 0. The van der Waals surface area contributed by atoms with E-state index >= 15 is 0 Å². The van der Waals surface area contributed by atoms with Gasteiger partial charge in [0, 0.05) is 0 Å². The zero-order chi connectivity index (χ0) is 17.9. The summed E-state index contributed by atoms with van der Waals surface area (Å²) in [4.78, 5) is 24.6. The lowest BCUT2D eigenvalue weighted by atomic mass is 9.95. The Hall–Kier alpha value is -1.06. The van der Waals surface area contributed by atoms with Gasteiger partial charge in [0.2, 0.25) is 0 Å². The molecule has 4 heteroatoms. The van der Waals surface area contributed by atoms with E-state index in [1.165, 1.54) is 0 Å². The fourth-order valence-corrected chi connectivity index (χ4v) is 3.32. The number of esters is 2. The lowest BCUT2D eigenvalue weighted by Crippen LogP contribution is -2.38. The van der Waals surface area contributed by atoms with Gasteiger partial charge in [-0.3, -0.25) is 9.59 Å². The van der Waals surface area contributed by atoms with E-state index in [1.807, 2.05) is 13.8 Å². The first-order valence-electron chi connectivity index (χ1n) is 9.90. The number of hydrogen-bond acceptors (Lipinski definition) is 4. The summed E-state index contributed by atoms with van der Waals surface area (Å²) in [6.45, 7) is 7.97. The van der Waals surface area contributed by atoms with E-state index in [2.05, 4.69) is 13.8 Å². The molecule has 0 saturated heterocycles. The molecule has 1 saturated carbocycles. The summed E-state index contributed by atoms with van der Waals surface area (Å²) in [5.41, 5.74) is 0. The molecule has 140 valence electrons. The molecule has 4 unspecified atom stereocenters. The third kappa shape index (κ3) is 7.23. The van der Waals surface area contributed by atoms with Gasteiger partial charge >= 0.3 is 11.9 Å². The molecule has 0 amide bonds. The van der Waals surface area contributed by atoms with Gasteiger partial charge in [0.15, 0.2) is 0 Å². The van der Waals surface area contributed by atoms with E-state index in [4.69, 9.17) is 9.47 Å². The summed E-state index contributed by atoms with van der Waals surface area (Å²) in [5, 5.41) is 0. The van der Waals surface area contributed by atoms with Crippen molar-refractivity contribution >= 4 is 11.9 Å².